The van der Waals surface area contributed by atoms with Crippen LogP contribution in [-0.2, 0) is 26.0 Å². The summed E-state index contributed by atoms with van der Waals surface area (Å²) in [6, 6.07) is 13.2. The zero-order valence-corrected chi connectivity index (χ0v) is 22.0. The largest absolute Gasteiger partial charge is 0.354 e. The van der Waals surface area contributed by atoms with E-state index in [1.54, 1.807) is 6.92 Å². The predicted octanol–water partition coefficient (Wildman–Crippen LogP) is 4.14. The van der Waals surface area contributed by atoms with Crippen LogP contribution in [0.4, 0.5) is 5.69 Å². The van der Waals surface area contributed by atoms with Crippen LogP contribution in [0.25, 0.3) is 0 Å². The van der Waals surface area contributed by atoms with Crippen LogP contribution in [0.15, 0.2) is 48.5 Å². The highest BCUT2D eigenvalue weighted by Gasteiger charge is 2.29. The Kier molecular flexibility index (Phi) is 10.7. The van der Waals surface area contributed by atoms with Crippen LogP contribution in [0.1, 0.15) is 32.3 Å². The first-order valence-electron chi connectivity index (χ1n) is 11.1. The molecule has 1 unspecified atom stereocenters. The maximum Gasteiger partial charge on any atom is 0.244 e. The summed E-state index contributed by atoms with van der Waals surface area (Å²) in [5.41, 5.74) is 1.22. The molecule has 1 N–H and O–H groups in total. The molecule has 0 aromatic heterocycles. The van der Waals surface area contributed by atoms with Gasteiger partial charge in [-0.2, -0.15) is 0 Å². The fraction of sp³-hybridized carbons (Fsp3) is 0.417. The molecule has 2 amide bonds. The number of rotatable bonds is 12. The van der Waals surface area contributed by atoms with Crippen LogP contribution in [-0.4, -0.2) is 57.1 Å². The number of nitrogens with zero attached hydrogens (tertiary/aromatic N) is 2. The number of nitrogens with one attached hydrogen (secondary N) is 1. The molecule has 186 valence electrons. The summed E-state index contributed by atoms with van der Waals surface area (Å²) in [7, 11) is -3.82. The summed E-state index contributed by atoms with van der Waals surface area (Å²) >= 11 is 12.0. The molecule has 0 fully saturated rings. The number of benzene rings is 2. The number of carbonyl (C=O) groups is 2. The minimum Gasteiger partial charge on any atom is -0.354 e. The van der Waals surface area contributed by atoms with Crippen molar-refractivity contribution in [3.63, 3.8) is 0 Å². The number of hydrogen-bond acceptors (Lipinski definition) is 4. The second-order valence-corrected chi connectivity index (χ2v) is 10.7. The number of halogens is 2. The molecule has 0 radical (unpaired) electrons. The number of hydrogen-bond donors (Lipinski definition) is 1. The Labute approximate surface area is 212 Å². The zero-order chi connectivity index (χ0) is 25.3. The molecule has 2 aromatic carbocycles. The highest BCUT2D eigenvalue weighted by atomic mass is 35.5. The van der Waals surface area contributed by atoms with Gasteiger partial charge in [0.2, 0.25) is 21.8 Å². The van der Waals surface area contributed by atoms with Crippen molar-refractivity contribution in [2.45, 2.75) is 39.2 Å². The smallest absolute Gasteiger partial charge is 0.244 e. The van der Waals surface area contributed by atoms with Crippen molar-refractivity contribution in [2.24, 2.45) is 0 Å². The molecule has 0 saturated heterocycles. The fourth-order valence-electron chi connectivity index (χ4n) is 3.36. The Morgan fingerprint density at radius 3 is 2.32 bits per heavy atom. The van der Waals surface area contributed by atoms with Gasteiger partial charge in [-0.05, 0) is 43.5 Å². The van der Waals surface area contributed by atoms with Gasteiger partial charge in [0, 0.05) is 13.1 Å². The van der Waals surface area contributed by atoms with Crippen molar-refractivity contribution in [2.75, 3.05) is 30.2 Å². The number of unbranched alkanes of at least 4 members (excludes halogenated alkanes) is 1. The van der Waals surface area contributed by atoms with E-state index in [1.807, 2.05) is 37.3 Å². The van der Waals surface area contributed by atoms with E-state index >= 15 is 0 Å². The van der Waals surface area contributed by atoms with Crippen LogP contribution >= 0.6 is 23.2 Å². The molecule has 2 rings (SSSR count). The molecular formula is C24H31Cl2N3O4S. The van der Waals surface area contributed by atoms with Gasteiger partial charge in [-0.15, -0.1) is 0 Å². The Morgan fingerprint density at radius 1 is 1.06 bits per heavy atom. The van der Waals surface area contributed by atoms with E-state index in [2.05, 4.69) is 5.32 Å². The van der Waals surface area contributed by atoms with E-state index in [1.165, 1.54) is 23.1 Å². The van der Waals surface area contributed by atoms with Crippen LogP contribution in [0.3, 0.4) is 0 Å². The molecule has 0 aliphatic rings. The average molecular weight is 529 g/mol. The van der Waals surface area contributed by atoms with Gasteiger partial charge in [0.25, 0.3) is 0 Å². The van der Waals surface area contributed by atoms with Gasteiger partial charge in [0.15, 0.2) is 0 Å². The van der Waals surface area contributed by atoms with E-state index in [9.17, 15) is 18.0 Å². The molecule has 0 heterocycles. The molecule has 7 nitrogen and oxygen atoms in total. The van der Waals surface area contributed by atoms with Crippen molar-refractivity contribution in [3.8, 4) is 0 Å². The topological polar surface area (TPSA) is 86.8 Å². The van der Waals surface area contributed by atoms with E-state index in [4.69, 9.17) is 23.2 Å². The van der Waals surface area contributed by atoms with E-state index in [-0.39, 0.29) is 28.2 Å². The van der Waals surface area contributed by atoms with E-state index in [0.29, 0.717) is 13.0 Å². The Hall–Kier alpha value is -2.29. The number of sulfonamides is 1. The summed E-state index contributed by atoms with van der Waals surface area (Å²) in [6.07, 6.45) is 3.29. The number of anilines is 1. The summed E-state index contributed by atoms with van der Waals surface area (Å²) in [5.74, 6) is -0.777. The van der Waals surface area contributed by atoms with Crippen LogP contribution < -0.4 is 9.62 Å². The third-order valence-corrected chi connectivity index (χ3v) is 7.23. The highest BCUT2D eigenvalue weighted by Crippen LogP contribution is 2.28. The minimum absolute atomic E-state index is 0.171. The van der Waals surface area contributed by atoms with Crippen molar-refractivity contribution < 1.29 is 18.0 Å². The highest BCUT2D eigenvalue weighted by molar-refractivity contribution is 7.92. The van der Waals surface area contributed by atoms with Gasteiger partial charge < -0.3 is 10.2 Å². The van der Waals surface area contributed by atoms with Crippen molar-refractivity contribution >= 4 is 50.7 Å². The average Bonchev–Trinajstić information content (AvgIpc) is 2.79. The normalized spacial score (nSPS) is 12.1. The van der Waals surface area contributed by atoms with Gasteiger partial charge in [0.05, 0.1) is 22.0 Å². The summed E-state index contributed by atoms with van der Waals surface area (Å²) in [4.78, 5) is 27.6. The van der Waals surface area contributed by atoms with Crippen LogP contribution in [0, 0.1) is 0 Å². The fourth-order valence-corrected chi connectivity index (χ4v) is 4.49. The van der Waals surface area contributed by atoms with Crippen molar-refractivity contribution in [1.29, 1.82) is 0 Å². The Bertz CT molecular complexity index is 1080. The molecule has 0 saturated carbocycles. The monoisotopic (exact) mass is 527 g/mol. The second kappa shape index (κ2) is 13.0. The van der Waals surface area contributed by atoms with Crippen molar-refractivity contribution in [3.05, 3.63) is 64.1 Å². The van der Waals surface area contributed by atoms with Crippen LogP contribution in [0.2, 0.25) is 10.0 Å². The Balaban J connectivity index is 2.29. The van der Waals surface area contributed by atoms with Gasteiger partial charge in [-0.25, -0.2) is 8.42 Å². The SMILES string of the molecule is CCCCNC(=O)C(C)N(CCc1ccccc1)C(=O)CN(c1ccc(Cl)c(Cl)c1)S(C)(=O)=O. The lowest BCUT2D eigenvalue weighted by Crippen LogP contribution is -2.52. The Morgan fingerprint density at radius 2 is 1.74 bits per heavy atom. The first kappa shape index (κ1) is 28.0. The van der Waals surface area contributed by atoms with Crippen molar-refractivity contribution in [1.82, 2.24) is 10.2 Å². The predicted molar refractivity (Wildman–Crippen MR) is 138 cm³/mol. The van der Waals surface area contributed by atoms with Gasteiger partial charge >= 0.3 is 0 Å². The molecule has 0 aliphatic heterocycles. The lowest BCUT2D eigenvalue weighted by molar-refractivity contribution is -0.138. The zero-order valence-electron chi connectivity index (χ0n) is 19.6. The van der Waals surface area contributed by atoms with E-state index < -0.39 is 28.5 Å². The molecule has 10 heteroatoms. The number of amides is 2. The summed E-state index contributed by atoms with van der Waals surface area (Å²) in [5, 5.41) is 3.29. The lowest BCUT2D eigenvalue weighted by Gasteiger charge is -2.31. The van der Waals surface area contributed by atoms with Crippen LogP contribution in [0.5, 0.6) is 0 Å². The third-order valence-electron chi connectivity index (χ3n) is 5.35. The summed E-state index contributed by atoms with van der Waals surface area (Å²) < 4.78 is 26.1. The minimum atomic E-state index is -3.82. The molecule has 1 atom stereocenters. The van der Waals surface area contributed by atoms with Gasteiger partial charge in [-0.1, -0.05) is 66.9 Å². The maximum absolute atomic E-state index is 13.4. The second-order valence-electron chi connectivity index (χ2n) is 8.01. The van der Waals surface area contributed by atoms with Gasteiger partial charge in [0.1, 0.15) is 12.6 Å². The maximum atomic E-state index is 13.4. The molecule has 2 aromatic rings. The number of carbonyl (C=O) groups excluding carboxylic acids is 2. The first-order chi connectivity index (χ1) is 16.0. The molecule has 0 bridgehead atoms. The molecule has 0 aliphatic carbocycles. The standard InChI is InChI=1S/C24H31Cl2N3O4S/c1-4-5-14-27-24(31)18(2)28(15-13-19-9-7-6-8-10-19)23(30)17-29(34(3,32)33)20-11-12-21(25)22(26)16-20/h6-12,16,18H,4-5,13-15,17H2,1-3H3,(H,27,31). The summed E-state index contributed by atoms with van der Waals surface area (Å²) in [6.45, 7) is 3.96. The third kappa shape index (κ3) is 8.18. The molecule has 0 spiro atoms. The quantitative estimate of drug-likeness (QED) is 0.420. The molecule has 34 heavy (non-hydrogen) atoms. The lowest BCUT2D eigenvalue weighted by atomic mass is 10.1. The molecular weight excluding hydrogens is 497 g/mol. The van der Waals surface area contributed by atoms with E-state index in [0.717, 1.165) is 29.0 Å². The first-order valence-corrected chi connectivity index (χ1v) is 13.7. The van der Waals surface area contributed by atoms with Gasteiger partial charge in [-0.3, -0.25) is 13.9 Å².